The summed E-state index contributed by atoms with van der Waals surface area (Å²) < 4.78 is 0. The van der Waals surface area contributed by atoms with E-state index >= 15 is 0 Å². The minimum atomic E-state index is 0.839. The molecule has 1 saturated heterocycles. The van der Waals surface area contributed by atoms with Crippen molar-refractivity contribution in [1.29, 1.82) is 0 Å². The van der Waals surface area contributed by atoms with Gasteiger partial charge in [0, 0.05) is 56.9 Å². The van der Waals surface area contributed by atoms with Gasteiger partial charge in [-0.15, -0.1) is 11.3 Å². The van der Waals surface area contributed by atoms with Crippen LogP contribution >= 0.6 is 11.3 Å². The van der Waals surface area contributed by atoms with Crippen molar-refractivity contribution >= 4 is 16.5 Å². The van der Waals surface area contributed by atoms with Crippen molar-refractivity contribution in [3.05, 3.63) is 11.6 Å². The minimum Gasteiger partial charge on any atom is -0.346 e. The quantitative estimate of drug-likeness (QED) is 0.848. The van der Waals surface area contributed by atoms with Gasteiger partial charge in [-0.25, -0.2) is 4.98 Å². The highest BCUT2D eigenvalue weighted by Crippen LogP contribution is 2.19. The fraction of sp³-hybridized carbons (Fsp3) is 0.750. The number of aromatic nitrogens is 1. The van der Waals surface area contributed by atoms with Gasteiger partial charge in [0.15, 0.2) is 5.13 Å². The third-order valence-electron chi connectivity index (χ3n) is 3.50. The van der Waals surface area contributed by atoms with Crippen LogP contribution in [0.15, 0.2) is 11.6 Å². The van der Waals surface area contributed by atoms with Gasteiger partial charge in [0.25, 0.3) is 0 Å². The lowest BCUT2D eigenvalue weighted by Crippen LogP contribution is -2.48. The summed E-state index contributed by atoms with van der Waals surface area (Å²) in [5.41, 5.74) is 0. The van der Waals surface area contributed by atoms with Crippen molar-refractivity contribution in [3.63, 3.8) is 0 Å². The van der Waals surface area contributed by atoms with Crippen LogP contribution in [0.25, 0.3) is 0 Å². The van der Waals surface area contributed by atoms with Crippen LogP contribution in [0.3, 0.4) is 0 Å². The molecular weight excluding hydrogens is 232 g/mol. The molecule has 94 valence electrons. The maximum Gasteiger partial charge on any atom is 0.185 e. The van der Waals surface area contributed by atoms with E-state index in [1.165, 1.54) is 37.6 Å². The number of piperazine rings is 1. The summed E-state index contributed by atoms with van der Waals surface area (Å²) in [6.07, 6.45) is 4.67. The van der Waals surface area contributed by atoms with Crippen LogP contribution in [-0.2, 0) is 0 Å². The molecule has 0 amide bonds. The molecule has 1 aliphatic carbocycles. The highest BCUT2D eigenvalue weighted by Gasteiger charge is 2.21. The van der Waals surface area contributed by atoms with Crippen LogP contribution in [-0.4, -0.2) is 55.2 Å². The smallest absolute Gasteiger partial charge is 0.185 e. The van der Waals surface area contributed by atoms with Gasteiger partial charge in [-0.3, -0.25) is 4.90 Å². The molecule has 1 aliphatic heterocycles. The largest absolute Gasteiger partial charge is 0.346 e. The first-order valence-electron chi connectivity index (χ1n) is 6.52. The Balaban J connectivity index is 1.38. The molecule has 1 aromatic heterocycles. The Morgan fingerprint density at radius 1 is 1.29 bits per heavy atom. The summed E-state index contributed by atoms with van der Waals surface area (Å²) in [5, 5.41) is 6.82. The third-order valence-corrected chi connectivity index (χ3v) is 4.33. The first-order chi connectivity index (χ1) is 8.42. The summed E-state index contributed by atoms with van der Waals surface area (Å²) in [6, 6.07) is 0.839. The number of nitrogens with zero attached hydrogens (tertiary/aromatic N) is 3. The summed E-state index contributed by atoms with van der Waals surface area (Å²) in [6.45, 7) is 6.94. The Morgan fingerprint density at radius 3 is 2.76 bits per heavy atom. The fourth-order valence-corrected chi connectivity index (χ4v) is 2.95. The Hall–Kier alpha value is -0.650. The van der Waals surface area contributed by atoms with E-state index in [-0.39, 0.29) is 0 Å². The van der Waals surface area contributed by atoms with Gasteiger partial charge in [0.2, 0.25) is 0 Å². The first kappa shape index (κ1) is 11.4. The van der Waals surface area contributed by atoms with E-state index in [1.54, 1.807) is 11.3 Å². The summed E-state index contributed by atoms with van der Waals surface area (Å²) >= 11 is 1.74. The fourth-order valence-electron chi connectivity index (χ4n) is 2.25. The molecule has 2 fully saturated rings. The van der Waals surface area contributed by atoms with Gasteiger partial charge >= 0.3 is 0 Å². The summed E-state index contributed by atoms with van der Waals surface area (Å²) in [5.74, 6) is 0. The van der Waals surface area contributed by atoms with E-state index in [0.717, 1.165) is 25.7 Å². The van der Waals surface area contributed by atoms with E-state index in [4.69, 9.17) is 0 Å². The molecule has 3 rings (SSSR count). The average Bonchev–Trinajstić information content (AvgIpc) is 3.03. The lowest BCUT2D eigenvalue weighted by Gasteiger charge is -2.34. The van der Waals surface area contributed by atoms with E-state index in [9.17, 15) is 0 Å². The highest BCUT2D eigenvalue weighted by molar-refractivity contribution is 7.13. The van der Waals surface area contributed by atoms with Crippen LogP contribution in [0, 0.1) is 0 Å². The first-order valence-corrected chi connectivity index (χ1v) is 7.40. The maximum atomic E-state index is 4.37. The Kier molecular flexibility index (Phi) is 3.59. The van der Waals surface area contributed by atoms with E-state index < -0.39 is 0 Å². The lowest BCUT2D eigenvalue weighted by molar-refractivity contribution is 0.257. The van der Waals surface area contributed by atoms with Gasteiger partial charge < -0.3 is 10.2 Å². The van der Waals surface area contributed by atoms with Crippen LogP contribution in [0.4, 0.5) is 5.13 Å². The van der Waals surface area contributed by atoms with Gasteiger partial charge in [0.1, 0.15) is 0 Å². The molecule has 0 atom stereocenters. The van der Waals surface area contributed by atoms with Crippen LogP contribution < -0.4 is 10.2 Å². The van der Waals surface area contributed by atoms with Crippen molar-refractivity contribution in [1.82, 2.24) is 15.2 Å². The molecule has 2 aliphatic rings. The standard InChI is InChI=1S/C12H20N4S/c1-2-11(1)13-3-5-15-6-8-16(9-7-15)12-14-4-10-17-12/h4,10-11,13H,1-3,5-9H2. The number of rotatable bonds is 5. The normalized spacial score (nSPS) is 22.0. The Labute approximate surface area is 107 Å². The molecule has 17 heavy (non-hydrogen) atoms. The van der Waals surface area contributed by atoms with E-state index in [1.807, 2.05) is 6.20 Å². The number of hydrogen-bond acceptors (Lipinski definition) is 5. The molecule has 1 N–H and O–H groups in total. The number of hydrogen-bond donors (Lipinski definition) is 1. The predicted molar refractivity (Wildman–Crippen MR) is 71.8 cm³/mol. The molecule has 4 nitrogen and oxygen atoms in total. The second kappa shape index (κ2) is 5.33. The van der Waals surface area contributed by atoms with Gasteiger partial charge in [-0.1, -0.05) is 0 Å². The zero-order chi connectivity index (χ0) is 11.5. The topological polar surface area (TPSA) is 31.4 Å². The molecule has 1 saturated carbocycles. The zero-order valence-corrected chi connectivity index (χ0v) is 11.0. The van der Waals surface area contributed by atoms with Crippen LogP contribution in [0.5, 0.6) is 0 Å². The van der Waals surface area contributed by atoms with Crippen molar-refractivity contribution in [2.24, 2.45) is 0 Å². The van der Waals surface area contributed by atoms with Crippen molar-refractivity contribution in [3.8, 4) is 0 Å². The third kappa shape index (κ3) is 3.18. The second-order valence-corrected chi connectivity index (χ2v) is 5.74. The molecule has 0 bridgehead atoms. The highest BCUT2D eigenvalue weighted by atomic mass is 32.1. The molecular formula is C12H20N4S. The number of thiazole rings is 1. The summed E-state index contributed by atoms with van der Waals surface area (Å²) in [7, 11) is 0. The van der Waals surface area contributed by atoms with Crippen molar-refractivity contribution in [2.75, 3.05) is 44.2 Å². The zero-order valence-electron chi connectivity index (χ0n) is 10.1. The lowest BCUT2D eigenvalue weighted by atomic mass is 10.3. The predicted octanol–water partition coefficient (Wildman–Crippen LogP) is 1.02. The maximum absolute atomic E-state index is 4.37. The molecule has 1 aromatic rings. The SMILES string of the molecule is c1csc(N2CCN(CCNC3CC3)CC2)n1. The van der Waals surface area contributed by atoms with Gasteiger partial charge in [0.05, 0.1) is 0 Å². The van der Waals surface area contributed by atoms with Gasteiger partial charge in [-0.2, -0.15) is 0 Å². The molecule has 0 aromatic carbocycles. The molecule has 5 heteroatoms. The molecule has 2 heterocycles. The molecule has 0 radical (unpaired) electrons. The van der Waals surface area contributed by atoms with Gasteiger partial charge in [-0.05, 0) is 12.8 Å². The Morgan fingerprint density at radius 2 is 2.12 bits per heavy atom. The minimum absolute atomic E-state index is 0.839. The van der Waals surface area contributed by atoms with Crippen molar-refractivity contribution < 1.29 is 0 Å². The van der Waals surface area contributed by atoms with Crippen LogP contribution in [0.1, 0.15) is 12.8 Å². The monoisotopic (exact) mass is 252 g/mol. The van der Waals surface area contributed by atoms with Crippen molar-refractivity contribution in [2.45, 2.75) is 18.9 Å². The molecule has 0 unspecified atom stereocenters. The molecule has 0 spiro atoms. The van der Waals surface area contributed by atoms with Crippen LogP contribution in [0.2, 0.25) is 0 Å². The van der Waals surface area contributed by atoms with E-state index in [0.29, 0.717) is 0 Å². The summed E-state index contributed by atoms with van der Waals surface area (Å²) in [4.78, 5) is 9.33. The number of anilines is 1. The second-order valence-electron chi connectivity index (χ2n) is 4.87. The number of nitrogens with one attached hydrogen (secondary N) is 1. The van der Waals surface area contributed by atoms with E-state index in [2.05, 4.69) is 25.5 Å². The average molecular weight is 252 g/mol. The Bertz CT molecular complexity index is 328.